The SMILES string of the molecule is [2H]c1cc(C2([2H])CCC(C)(C)CC2)cc(C([2H])([2H])[2H])c1-c1cc(-c2cccc3c2oc2cc(C([2H])([2H])[2H])ccc23)ncc1C([2H])([2H])[2H]. The van der Waals surface area contributed by atoms with E-state index >= 15 is 0 Å². The molecule has 2 aromatic heterocycles. The van der Waals surface area contributed by atoms with Crippen LogP contribution in [-0.2, 0) is 0 Å². The van der Waals surface area contributed by atoms with Gasteiger partial charge in [-0.2, -0.15) is 0 Å². The van der Waals surface area contributed by atoms with Crippen molar-refractivity contribution in [2.75, 3.05) is 0 Å². The summed E-state index contributed by atoms with van der Waals surface area (Å²) in [6, 6.07) is 14.3. The molecule has 182 valence electrons. The van der Waals surface area contributed by atoms with Crippen LogP contribution in [0.25, 0.3) is 44.3 Å². The first-order valence-corrected chi connectivity index (χ1v) is 12.3. The molecule has 5 aromatic rings. The van der Waals surface area contributed by atoms with Crippen molar-refractivity contribution in [3.8, 4) is 22.4 Å². The highest BCUT2D eigenvalue weighted by molar-refractivity contribution is 6.09. The maximum absolute atomic E-state index is 9.26. The summed E-state index contributed by atoms with van der Waals surface area (Å²) in [5, 5.41) is 1.39. The zero-order valence-electron chi connectivity index (χ0n) is 31.5. The standard InChI is InChI=1S/C34H35NO/c1-21-9-11-27-28-7-6-8-29(33(28)36-32(27)17-21)31-19-30(23(3)20-35-31)26-12-10-25(18-22(26)2)24-13-15-34(4,5)16-14-24/h6-12,17-20,24H,13-16H2,1-5H3/i1D3,2D3,3D3,12D,24D. The summed E-state index contributed by atoms with van der Waals surface area (Å²) < 4.78 is 98.1. The third kappa shape index (κ3) is 4.03. The lowest BCUT2D eigenvalue weighted by Crippen LogP contribution is -2.20. The molecule has 2 nitrogen and oxygen atoms in total. The van der Waals surface area contributed by atoms with Crippen molar-refractivity contribution >= 4 is 21.9 Å². The smallest absolute Gasteiger partial charge is 0.144 e. The van der Waals surface area contributed by atoms with Gasteiger partial charge in [0.05, 0.1) is 7.06 Å². The number of furan rings is 1. The number of fused-ring (bicyclic) bond motifs is 3. The summed E-state index contributed by atoms with van der Waals surface area (Å²) >= 11 is 0. The molecular weight excluding hydrogens is 438 g/mol. The third-order valence-corrected chi connectivity index (χ3v) is 7.50. The van der Waals surface area contributed by atoms with Crippen LogP contribution in [0.15, 0.2) is 71.3 Å². The van der Waals surface area contributed by atoms with E-state index in [2.05, 4.69) is 18.8 Å². The topological polar surface area (TPSA) is 26.0 Å². The maximum atomic E-state index is 9.26. The summed E-state index contributed by atoms with van der Waals surface area (Å²) in [6.45, 7) is -3.41. The van der Waals surface area contributed by atoms with E-state index in [0.29, 0.717) is 51.6 Å². The van der Waals surface area contributed by atoms with Crippen LogP contribution in [0.3, 0.4) is 0 Å². The van der Waals surface area contributed by atoms with E-state index in [1.165, 1.54) is 36.5 Å². The van der Waals surface area contributed by atoms with Crippen molar-refractivity contribution in [2.24, 2.45) is 5.41 Å². The summed E-state index contributed by atoms with van der Waals surface area (Å²) in [6.07, 6.45) is 3.81. The Morgan fingerprint density at radius 3 is 2.58 bits per heavy atom. The predicted octanol–water partition coefficient (Wildman–Crippen LogP) is 9.92. The van der Waals surface area contributed by atoms with Gasteiger partial charge in [0.1, 0.15) is 11.2 Å². The van der Waals surface area contributed by atoms with Gasteiger partial charge < -0.3 is 4.42 Å². The van der Waals surface area contributed by atoms with Gasteiger partial charge in [0.2, 0.25) is 0 Å². The van der Waals surface area contributed by atoms with Gasteiger partial charge in [-0.15, -0.1) is 0 Å². The molecule has 1 fully saturated rings. The van der Waals surface area contributed by atoms with Crippen molar-refractivity contribution in [2.45, 2.75) is 66.0 Å². The molecular formula is C34H35NO. The van der Waals surface area contributed by atoms with Crippen LogP contribution in [0.1, 0.15) is 82.8 Å². The van der Waals surface area contributed by atoms with Crippen molar-refractivity contribution in [1.82, 2.24) is 4.98 Å². The minimum atomic E-state index is -2.71. The van der Waals surface area contributed by atoms with Crippen molar-refractivity contribution < 1.29 is 19.5 Å². The fourth-order valence-electron chi connectivity index (χ4n) is 5.25. The Bertz CT molecular complexity index is 2010. The lowest BCUT2D eigenvalue weighted by Gasteiger charge is -2.34. The molecule has 3 aromatic carbocycles. The number of para-hydroxylation sites is 1. The van der Waals surface area contributed by atoms with Crippen LogP contribution in [0.4, 0.5) is 0 Å². The lowest BCUT2D eigenvalue weighted by atomic mass is 9.71. The molecule has 0 saturated heterocycles. The Morgan fingerprint density at radius 2 is 1.78 bits per heavy atom. The first-order chi connectivity index (χ1) is 21.7. The Morgan fingerprint density at radius 1 is 0.917 bits per heavy atom. The summed E-state index contributed by atoms with van der Waals surface area (Å²) in [4.78, 5) is 4.47. The fourth-order valence-corrected chi connectivity index (χ4v) is 5.25. The zero-order chi connectivity index (χ0) is 34.3. The first kappa shape index (κ1) is 13.8. The molecule has 0 bridgehead atoms. The Kier molecular flexibility index (Phi) is 3.30. The number of hydrogen-bond donors (Lipinski definition) is 0. The van der Waals surface area contributed by atoms with E-state index < -0.39 is 26.4 Å². The van der Waals surface area contributed by atoms with Gasteiger partial charge >= 0.3 is 0 Å². The highest BCUT2D eigenvalue weighted by Crippen LogP contribution is 2.43. The quantitative estimate of drug-likeness (QED) is 0.255. The van der Waals surface area contributed by atoms with Crippen LogP contribution >= 0.6 is 0 Å². The second-order valence-electron chi connectivity index (χ2n) is 10.6. The highest BCUT2D eigenvalue weighted by atomic mass is 16.3. The van der Waals surface area contributed by atoms with Gasteiger partial charge in [0.25, 0.3) is 0 Å². The van der Waals surface area contributed by atoms with Crippen LogP contribution in [0.2, 0.25) is 0 Å². The molecule has 2 heterocycles. The van der Waals surface area contributed by atoms with Crippen molar-refractivity contribution in [3.05, 3.63) is 89.1 Å². The van der Waals surface area contributed by atoms with E-state index in [9.17, 15) is 1.37 Å². The molecule has 0 aliphatic heterocycles. The van der Waals surface area contributed by atoms with E-state index in [0.717, 1.165) is 12.8 Å². The van der Waals surface area contributed by atoms with Crippen LogP contribution in [-0.4, -0.2) is 4.98 Å². The molecule has 36 heavy (non-hydrogen) atoms. The number of aryl methyl sites for hydroxylation is 3. The fraction of sp³-hybridized carbons (Fsp3) is 0.324. The zero-order valence-corrected chi connectivity index (χ0v) is 20.5. The summed E-state index contributed by atoms with van der Waals surface area (Å²) in [5.41, 5.74) is 1.81. The molecule has 0 atom stereocenters. The van der Waals surface area contributed by atoms with E-state index in [1.807, 2.05) is 6.07 Å². The average Bonchev–Trinajstić information content (AvgIpc) is 3.35. The monoisotopic (exact) mass is 484 g/mol. The van der Waals surface area contributed by atoms with Gasteiger partial charge in [0.15, 0.2) is 0 Å². The molecule has 0 radical (unpaired) electrons. The number of rotatable bonds is 3. The number of benzene rings is 3. The maximum Gasteiger partial charge on any atom is 0.144 e. The van der Waals surface area contributed by atoms with Gasteiger partial charge in [0, 0.05) is 36.2 Å². The van der Waals surface area contributed by atoms with Gasteiger partial charge in [-0.25, -0.2) is 0 Å². The molecule has 1 aliphatic carbocycles. The minimum absolute atomic E-state index is 0.0395. The van der Waals surface area contributed by atoms with Crippen LogP contribution < -0.4 is 0 Å². The summed E-state index contributed by atoms with van der Waals surface area (Å²) in [5.74, 6) is -1.06. The predicted molar refractivity (Wildman–Crippen MR) is 152 cm³/mol. The largest absolute Gasteiger partial charge is 0.455 e. The number of aromatic nitrogens is 1. The van der Waals surface area contributed by atoms with Crippen LogP contribution in [0.5, 0.6) is 0 Å². The highest BCUT2D eigenvalue weighted by Gasteiger charge is 2.27. The Labute approximate surface area is 229 Å². The second-order valence-corrected chi connectivity index (χ2v) is 10.6. The average molecular weight is 485 g/mol. The Hall–Kier alpha value is -3.39. The van der Waals surface area contributed by atoms with Crippen molar-refractivity contribution in [1.29, 1.82) is 0 Å². The van der Waals surface area contributed by atoms with Gasteiger partial charge in [-0.05, 0) is 109 Å². The third-order valence-electron chi connectivity index (χ3n) is 7.50. The second kappa shape index (κ2) is 8.62. The van der Waals surface area contributed by atoms with E-state index in [-0.39, 0.29) is 39.3 Å². The first-order valence-electron chi connectivity index (χ1n) is 17.8. The number of nitrogens with zero attached hydrogens (tertiary/aromatic N) is 1. The lowest BCUT2D eigenvalue weighted by molar-refractivity contribution is 0.224. The van der Waals surface area contributed by atoms with Gasteiger partial charge in [-0.3, -0.25) is 4.98 Å². The molecule has 0 N–H and O–H groups in total. The molecule has 1 saturated carbocycles. The number of hydrogen-bond acceptors (Lipinski definition) is 2. The normalized spacial score (nSPS) is 22.6. The molecule has 0 unspecified atom stereocenters. The van der Waals surface area contributed by atoms with E-state index in [1.54, 1.807) is 18.2 Å². The minimum Gasteiger partial charge on any atom is -0.455 e. The molecule has 0 spiro atoms. The van der Waals surface area contributed by atoms with Crippen molar-refractivity contribution in [3.63, 3.8) is 0 Å². The van der Waals surface area contributed by atoms with Gasteiger partial charge in [-0.1, -0.05) is 56.3 Å². The summed E-state index contributed by atoms with van der Waals surface area (Å²) in [7, 11) is 0. The van der Waals surface area contributed by atoms with E-state index in [4.69, 9.17) is 18.1 Å². The van der Waals surface area contributed by atoms with Crippen LogP contribution in [0, 0.1) is 26.0 Å². The number of pyridine rings is 1. The molecule has 1 aliphatic rings. The Balaban J connectivity index is 1.57. The molecule has 0 amide bonds. The molecule has 2 heteroatoms. The molecule has 6 rings (SSSR count).